The van der Waals surface area contributed by atoms with Gasteiger partial charge in [0.1, 0.15) is 6.04 Å². The van der Waals surface area contributed by atoms with Crippen LogP contribution in [-0.4, -0.2) is 99.9 Å². The predicted octanol–water partition coefficient (Wildman–Crippen LogP) is -1.31. The summed E-state index contributed by atoms with van der Waals surface area (Å²) >= 11 is 0. The quantitative estimate of drug-likeness (QED) is 0.420. The van der Waals surface area contributed by atoms with E-state index in [4.69, 9.17) is 10.00 Å². The first-order valence-corrected chi connectivity index (χ1v) is 5.76. The molecule has 0 radical (unpaired) electrons. The molecule has 80 valence electrons. The van der Waals surface area contributed by atoms with Crippen molar-refractivity contribution >= 4 is 79.1 Å². The van der Waals surface area contributed by atoms with Crippen molar-refractivity contribution in [2.24, 2.45) is 0 Å². The molecule has 2 unspecified atom stereocenters. The molecule has 0 spiro atoms. The van der Waals surface area contributed by atoms with Crippen LogP contribution in [0.4, 0.5) is 0 Å². The van der Waals surface area contributed by atoms with Gasteiger partial charge in [-0.15, -0.1) is 0 Å². The van der Waals surface area contributed by atoms with Gasteiger partial charge in [-0.2, -0.15) is 0 Å². The zero-order chi connectivity index (χ0) is 10.4. The standard InChI is InChI=1S/C7H14NO4P.2Na.2H/c1-5(9)8-6(7(10)11)3-4-13(2)12;;;;/h6,12H,3-4H2,1-2H3,(H,8,9)(H,10,11);;;;. The van der Waals surface area contributed by atoms with Crippen molar-refractivity contribution in [2.75, 3.05) is 12.8 Å². The molecule has 0 fully saturated rings. The summed E-state index contributed by atoms with van der Waals surface area (Å²) in [6.07, 6.45) is 0.695. The van der Waals surface area contributed by atoms with Gasteiger partial charge >= 0.3 is 65.1 Å². The van der Waals surface area contributed by atoms with Crippen LogP contribution in [0.2, 0.25) is 0 Å². The molecule has 0 bridgehead atoms. The summed E-state index contributed by atoms with van der Waals surface area (Å²) in [6.45, 7) is 2.91. The van der Waals surface area contributed by atoms with E-state index in [-0.39, 0.29) is 71.4 Å². The molecule has 0 aliphatic rings. The molecule has 15 heavy (non-hydrogen) atoms. The van der Waals surface area contributed by atoms with Crippen LogP contribution in [0, 0.1) is 0 Å². The SMILES string of the molecule is CC(=O)NC(CCP(C)O)C(=O)O.[NaH].[NaH]. The summed E-state index contributed by atoms with van der Waals surface area (Å²) in [5.74, 6) is -1.43. The summed E-state index contributed by atoms with van der Waals surface area (Å²) in [4.78, 5) is 30.1. The zero-order valence-electron chi connectivity index (χ0n) is 7.65. The summed E-state index contributed by atoms with van der Waals surface area (Å²) < 4.78 is 0. The van der Waals surface area contributed by atoms with Crippen molar-refractivity contribution in [2.45, 2.75) is 19.4 Å². The molecule has 8 heteroatoms. The molecule has 0 rings (SSSR count). The second kappa shape index (κ2) is 11.8. The number of nitrogens with one attached hydrogen (secondary N) is 1. The fourth-order valence-electron chi connectivity index (χ4n) is 0.819. The number of aliphatic carboxylic acids is 1. The molecular weight excluding hydrogens is 239 g/mol. The Morgan fingerprint density at radius 2 is 1.87 bits per heavy atom. The number of carbonyl (C=O) groups excluding carboxylic acids is 1. The van der Waals surface area contributed by atoms with E-state index in [1.807, 2.05) is 0 Å². The maximum atomic E-state index is 10.6. The van der Waals surface area contributed by atoms with Gasteiger partial charge in [-0.05, 0) is 19.2 Å². The van der Waals surface area contributed by atoms with Gasteiger partial charge in [0.2, 0.25) is 5.91 Å². The summed E-state index contributed by atoms with van der Waals surface area (Å²) in [6, 6.07) is -0.880. The first-order valence-electron chi connectivity index (χ1n) is 3.83. The Bertz CT molecular complexity index is 203. The minimum absolute atomic E-state index is 0. The van der Waals surface area contributed by atoms with Gasteiger partial charge in [0.15, 0.2) is 0 Å². The number of carboxylic acid groups (broad SMARTS) is 1. The third-order valence-corrected chi connectivity index (χ3v) is 2.32. The van der Waals surface area contributed by atoms with Crippen molar-refractivity contribution < 1.29 is 19.6 Å². The second-order valence-corrected chi connectivity index (χ2v) is 4.52. The van der Waals surface area contributed by atoms with Gasteiger partial charge in [-0.1, -0.05) is 0 Å². The first-order chi connectivity index (χ1) is 5.93. The van der Waals surface area contributed by atoms with Crippen molar-refractivity contribution in [3.63, 3.8) is 0 Å². The third kappa shape index (κ3) is 13.3. The zero-order valence-corrected chi connectivity index (χ0v) is 8.54. The van der Waals surface area contributed by atoms with E-state index < -0.39 is 20.2 Å². The molecular formula is C7H16NNa2O4P. The number of hydrogen-bond acceptors (Lipinski definition) is 3. The van der Waals surface area contributed by atoms with Crippen molar-refractivity contribution in [3.05, 3.63) is 0 Å². The van der Waals surface area contributed by atoms with Crippen molar-refractivity contribution in [1.82, 2.24) is 5.32 Å². The van der Waals surface area contributed by atoms with E-state index in [2.05, 4.69) is 5.32 Å². The Hall–Kier alpha value is 1.33. The molecule has 0 aromatic carbocycles. The van der Waals surface area contributed by atoms with Crippen molar-refractivity contribution in [3.8, 4) is 0 Å². The molecule has 3 N–H and O–H groups in total. The molecule has 0 aromatic heterocycles. The van der Waals surface area contributed by atoms with Gasteiger partial charge in [0.25, 0.3) is 0 Å². The molecule has 0 aliphatic heterocycles. The predicted molar refractivity (Wildman–Crippen MR) is 64.1 cm³/mol. The summed E-state index contributed by atoms with van der Waals surface area (Å²) in [5, 5.41) is 10.9. The fourth-order valence-corrected chi connectivity index (χ4v) is 1.45. The molecule has 5 nitrogen and oxygen atoms in total. The Morgan fingerprint density at radius 3 is 2.13 bits per heavy atom. The van der Waals surface area contributed by atoms with Crippen LogP contribution >= 0.6 is 8.15 Å². The van der Waals surface area contributed by atoms with Crippen LogP contribution < -0.4 is 5.32 Å². The first kappa shape index (κ1) is 21.6. The minimum atomic E-state index is -1.10. The van der Waals surface area contributed by atoms with Crippen LogP contribution in [0.3, 0.4) is 0 Å². The average Bonchev–Trinajstić information content (AvgIpc) is 1.96. The molecule has 2 atom stereocenters. The van der Waals surface area contributed by atoms with E-state index in [0.717, 1.165) is 0 Å². The molecule has 0 aromatic rings. The average molecular weight is 255 g/mol. The molecule has 1 amide bonds. The maximum absolute atomic E-state index is 10.6. The van der Waals surface area contributed by atoms with Crippen LogP contribution in [-0.2, 0) is 9.59 Å². The van der Waals surface area contributed by atoms with Gasteiger partial charge in [0, 0.05) is 15.1 Å². The number of amides is 1. The summed E-state index contributed by atoms with van der Waals surface area (Å²) in [5.41, 5.74) is 0. The Balaban J connectivity index is -0.000000720. The molecule has 0 saturated carbocycles. The number of carboxylic acids is 1. The second-order valence-electron chi connectivity index (χ2n) is 2.76. The van der Waals surface area contributed by atoms with Crippen molar-refractivity contribution in [1.29, 1.82) is 0 Å². The van der Waals surface area contributed by atoms with Crippen LogP contribution in [0.25, 0.3) is 0 Å². The number of hydrogen-bond donors (Lipinski definition) is 3. The number of rotatable bonds is 5. The monoisotopic (exact) mass is 255 g/mol. The molecule has 0 heterocycles. The van der Waals surface area contributed by atoms with Gasteiger partial charge in [0.05, 0.1) is 0 Å². The Kier molecular flexibility index (Phi) is 17.0. The molecule has 0 aliphatic carbocycles. The topological polar surface area (TPSA) is 86.6 Å². The van der Waals surface area contributed by atoms with Crippen LogP contribution in [0.1, 0.15) is 13.3 Å². The fraction of sp³-hybridized carbons (Fsp3) is 0.714. The van der Waals surface area contributed by atoms with E-state index in [1.54, 1.807) is 6.66 Å². The Labute approximate surface area is 135 Å². The van der Waals surface area contributed by atoms with E-state index in [1.165, 1.54) is 6.92 Å². The Morgan fingerprint density at radius 1 is 1.40 bits per heavy atom. The normalized spacial score (nSPS) is 12.7. The number of carbonyl (C=O) groups is 2. The van der Waals surface area contributed by atoms with E-state index >= 15 is 0 Å². The molecule has 0 saturated heterocycles. The van der Waals surface area contributed by atoms with Crippen LogP contribution in [0.15, 0.2) is 0 Å². The third-order valence-electron chi connectivity index (χ3n) is 1.42. The summed E-state index contributed by atoms with van der Waals surface area (Å²) in [7, 11) is -1.10. The van der Waals surface area contributed by atoms with Gasteiger partial charge in [-0.3, -0.25) is 4.79 Å². The van der Waals surface area contributed by atoms with E-state index in [9.17, 15) is 9.59 Å². The van der Waals surface area contributed by atoms with Gasteiger partial charge < -0.3 is 15.3 Å². The van der Waals surface area contributed by atoms with Crippen LogP contribution in [0.5, 0.6) is 0 Å². The van der Waals surface area contributed by atoms with E-state index in [0.29, 0.717) is 6.16 Å². The van der Waals surface area contributed by atoms with Gasteiger partial charge in [-0.25, -0.2) is 4.79 Å².